The van der Waals surface area contributed by atoms with Gasteiger partial charge in [-0.1, -0.05) is 18.2 Å². The van der Waals surface area contributed by atoms with Crippen LogP contribution in [0.3, 0.4) is 0 Å². The van der Waals surface area contributed by atoms with Crippen LogP contribution in [0, 0.1) is 6.92 Å². The SMILES string of the molecule is [CH2]/C=C(/F)c1cnc2ccccc2c1. The molecular formula is C12H9FN. The first-order valence-electron chi connectivity index (χ1n) is 4.31. The van der Waals surface area contributed by atoms with Gasteiger partial charge in [-0.2, -0.15) is 0 Å². The van der Waals surface area contributed by atoms with Crippen LogP contribution >= 0.6 is 0 Å². The molecule has 0 N–H and O–H groups in total. The van der Waals surface area contributed by atoms with E-state index in [1.54, 1.807) is 6.07 Å². The van der Waals surface area contributed by atoms with E-state index in [0.717, 1.165) is 10.9 Å². The summed E-state index contributed by atoms with van der Waals surface area (Å²) in [5.74, 6) is -0.344. The Labute approximate surface area is 81.9 Å². The predicted molar refractivity (Wildman–Crippen MR) is 56.2 cm³/mol. The zero-order valence-electron chi connectivity index (χ0n) is 7.57. The van der Waals surface area contributed by atoms with Crippen molar-refractivity contribution < 1.29 is 4.39 Å². The molecule has 0 bridgehead atoms. The number of fused-ring (bicyclic) bond motifs is 1. The van der Waals surface area contributed by atoms with E-state index in [1.165, 1.54) is 12.3 Å². The third-order valence-corrected chi connectivity index (χ3v) is 2.05. The molecule has 0 amide bonds. The Balaban J connectivity index is 2.62. The van der Waals surface area contributed by atoms with Crippen LogP contribution in [0.5, 0.6) is 0 Å². The molecular weight excluding hydrogens is 177 g/mol. The lowest BCUT2D eigenvalue weighted by Gasteiger charge is -1.99. The minimum atomic E-state index is -0.344. The number of benzene rings is 1. The molecule has 1 aromatic carbocycles. The average molecular weight is 186 g/mol. The van der Waals surface area contributed by atoms with Gasteiger partial charge in [-0.25, -0.2) is 4.39 Å². The van der Waals surface area contributed by atoms with E-state index < -0.39 is 0 Å². The lowest BCUT2D eigenvalue weighted by Crippen LogP contribution is -1.83. The third kappa shape index (κ3) is 1.51. The predicted octanol–water partition coefficient (Wildman–Crippen LogP) is 3.38. The van der Waals surface area contributed by atoms with Gasteiger partial charge < -0.3 is 0 Å². The third-order valence-electron chi connectivity index (χ3n) is 2.05. The summed E-state index contributed by atoms with van der Waals surface area (Å²) in [5.41, 5.74) is 1.34. The van der Waals surface area contributed by atoms with Crippen molar-refractivity contribution in [1.29, 1.82) is 0 Å². The minimum absolute atomic E-state index is 0.344. The van der Waals surface area contributed by atoms with Crippen molar-refractivity contribution in [2.45, 2.75) is 0 Å². The van der Waals surface area contributed by atoms with Gasteiger partial charge in [-0.05, 0) is 25.1 Å². The van der Waals surface area contributed by atoms with Crippen molar-refractivity contribution in [3.63, 3.8) is 0 Å². The molecule has 0 aliphatic heterocycles. The molecule has 2 heteroatoms. The van der Waals surface area contributed by atoms with Crippen molar-refractivity contribution in [2.75, 3.05) is 0 Å². The van der Waals surface area contributed by atoms with Crippen molar-refractivity contribution in [1.82, 2.24) is 4.98 Å². The van der Waals surface area contributed by atoms with Crippen molar-refractivity contribution >= 4 is 16.7 Å². The molecule has 2 rings (SSSR count). The average Bonchev–Trinajstić information content (AvgIpc) is 2.27. The molecule has 0 saturated heterocycles. The van der Waals surface area contributed by atoms with E-state index >= 15 is 0 Å². The van der Waals surface area contributed by atoms with Crippen LogP contribution in [-0.2, 0) is 0 Å². The second-order valence-corrected chi connectivity index (χ2v) is 2.97. The molecule has 1 aromatic heterocycles. The van der Waals surface area contributed by atoms with Gasteiger partial charge in [0.1, 0.15) is 5.83 Å². The molecule has 0 saturated carbocycles. The maximum Gasteiger partial charge on any atom is 0.128 e. The molecule has 2 aromatic rings. The highest BCUT2D eigenvalue weighted by Gasteiger charge is 2.00. The molecule has 1 radical (unpaired) electrons. The fourth-order valence-corrected chi connectivity index (χ4v) is 1.32. The quantitative estimate of drug-likeness (QED) is 0.665. The molecule has 0 unspecified atom stereocenters. The largest absolute Gasteiger partial charge is 0.256 e. The first-order valence-corrected chi connectivity index (χ1v) is 4.31. The maximum atomic E-state index is 13.2. The van der Waals surface area contributed by atoms with Crippen molar-refractivity contribution in [3.05, 3.63) is 55.1 Å². The first kappa shape index (κ1) is 8.88. The van der Waals surface area contributed by atoms with E-state index in [4.69, 9.17) is 0 Å². The van der Waals surface area contributed by atoms with E-state index in [9.17, 15) is 4.39 Å². The topological polar surface area (TPSA) is 12.9 Å². The fraction of sp³-hybridized carbons (Fsp3) is 0. The zero-order chi connectivity index (χ0) is 9.97. The number of hydrogen-bond acceptors (Lipinski definition) is 1. The molecule has 69 valence electrons. The Kier molecular flexibility index (Phi) is 2.27. The highest BCUT2D eigenvalue weighted by molar-refractivity contribution is 5.81. The number of aromatic nitrogens is 1. The Bertz CT molecular complexity index is 488. The second kappa shape index (κ2) is 3.58. The highest BCUT2D eigenvalue weighted by atomic mass is 19.1. The maximum absolute atomic E-state index is 13.2. The number of para-hydroxylation sites is 1. The van der Waals surface area contributed by atoms with Gasteiger partial charge in [0, 0.05) is 17.1 Å². The van der Waals surface area contributed by atoms with Crippen LogP contribution in [0.1, 0.15) is 5.56 Å². The number of rotatable bonds is 1. The van der Waals surface area contributed by atoms with Gasteiger partial charge in [0.05, 0.1) is 5.52 Å². The standard InChI is InChI=1S/C12H9FN/c1-2-11(13)10-7-9-5-3-4-6-12(9)14-8-10/h2-8H,1H2/b11-2+. The number of hydrogen-bond donors (Lipinski definition) is 0. The Morgan fingerprint density at radius 2 is 2.14 bits per heavy atom. The van der Waals surface area contributed by atoms with E-state index in [2.05, 4.69) is 11.9 Å². The van der Waals surface area contributed by atoms with Crippen molar-refractivity contribution in [3.8, 4) is 0 Å². The van der Waals surface area contributed by atoms with Crippen LogP contribution in [-0.4, -0.2) is 4.98 Å². The smallest absolute Gasteiger partial charge is 0.128 e. The number of allylic oxidation sites excluding steroid dienone is 1. The fourth-order valence-electron chi connectivity index (χ4n) is 1.32. The number of pyridine rings is 1. The summed E-state index contributed by atoms with van der Waals surface area (Å²) in [4.78, 5) is 4.14. The van der Waals surface area contributed by atoms with E-state index in [0.29, 0.717) is 5.56 Å². The molecule has 1 heterocycles. The summed E-state index contributed by atoms with van der Waals surface area (Å²) in [6, 6.07) is 9.37. The minimum Gasteiger partial charge on any atom is -0.256 e. The molecule has 0 aliphatic carbocycles. The number of halogens is 1. The van der Waals surface area contributed by atoms with Crippen LogP contribution in [0.2, 0.25) is 0 Å². The van der Waals surface area contributed by atoms with Crippen LogP contribution in [0.4, 0.5) is 4.39 Å². The summed E-state index contributed by atoms with van der Waals surface area (Å²) in [6.07, 6.45) is 2.70. The van der Waals surface area contributed by atoms with Crippen LogP contribution in [0.25, 0.3) is 16.7 Å². The summed E-state index contributed by atoms with van der Waals surface area (Å²) < 4.78 is 13.2. The molecule has 0 aliphatic rings. The zero-order valence-corrected chi connectivity index (χ0v) is 7.57. The number of nitrogens with zero attached hydrogens (tertiary/aromatic N) is 1. The monoisotopic (exact) mass is 186 g/mol. The lowest BCUT2D eigenvalue weighted by molar-refractivity contribution is 0.759. The van der Waals surface area contributed by atoms with Crippen LogP contribution in [0.15, 0.2) is 42.6 Å². The molecule has 0 atom stereocenters. The molecule has 0 fully saturated rings. The van der Waals surface area contributed by atoms with E-state index in [-0.39, 0.29) is 5.83 Å². The van der Waals surface area contributed by atoms with Gasteiger partial charge in [0.25, 0.3) is 0 Å². The van der Waals surface area contributed by atoms with Crippen LogP contribution < -0.4 is 0 Å². The lowest BCUT2D eigenvalue weighted by atomic mass is 10.1. The first-order chi connectivity index (χ1) is 6.81. The van der Waals surface area contributed by atoms with Gasteiger partial charge in [0.15, 0.2) is 0 Å². The highest BCUT2D eigenvalue weighted by Crippen LogP contribution is 2.19. The van der Waals surface area contributed by atoms with Gasteiger partial charge in [-0.15, -0.1) is 0 Å². The second-order valence-electron chi connectivity index (χ2n) is 2.97. The normalized spacial score (nSPS) is 12.0. The summed E-state index contributed by atoms with van der Waals surface area (Å²) in [5, 5.41) is 0.932. The summed E-state index contributed by atoms with van der Waals surface area (Å²) in [7, 11) is 0. The van der Waals surface area contributed by atoms with Gasteiger partial charge in [-0.3, -0.25) is 4.98 Å². The summed E-state index contributed by atoms with van der Waals surface area (Å²) in [6.45, 7) is 3.38. The Morgan fingerprint density at radius 3 is 2.93 bits per heavy atom. The molecule has 14 heavy (non-hydrogen) atoms. The summed E-state index contributed by atoms with van der Waals surface area (Å²) >= 11 is 0. The Hall–Kier alpha value is -1.70. The van der Waals surface area contributed by atoms with Gasteiger partial charge in [0.2, 0.25) is 0 Å². The van der Waals surface area contributed by atoms with Gasteiger partial charge >= 0.3 is 0 Å². The van der Waals surface area contributed by atoms with Crippen molar-refractivity contribution in [2.24, 2.45) is 0 Å². The Morgan fingerprint density at radius 1 is 1.36 bits per heavy atom. The molecule has 1 nitrogen and oxygen atoms in total. The van der Waals surface area contributed by atoms with E-state index in [1.807, 2.05) is 24.3 Å². The molecule has 0 spiro atoms.